The fraction of sp³-hybridized carbons (Fsp3) is 0.417. The van der Waals surface area contributed by atoms with Crippen LogP contribution in [0.4, 0.5) is 4.39 Å². The van der Waals surface area contributed by atoms with Crippen LogP contribution in [0.3, 0.4) is 0 Å². The summed E-state index contributed by atoms with van der Waals surface area (Å²) >= 11 is -1.21. The Bertz CT molecular complexity index is 468. The minimum absolute atomic E-state index is 0.0836. The molecule has 2 aliphatic heterocycles. The summed E-state index contributed by atoms with van der Waals surface area (Å²) in [5, 5.41) is 9.23. The Balaban J connectivity index is 1.90. The Morgan fingerprint density at radius 1 is 1.44 bits per heavy atom. The predicted octanol–water partition coefficient (Wildman–Crippen LogP) is 1.35. The molecule has 2 heterocycles. The molecular formula is C12H14FN3OS. The zero-order chi connectivity index (χ0) is 12.7. The Kier molecular flexibility index (Phi) is 2.91. The van der Waals surface area contributed by atoms with E-state index in [-0.39, 0.29) is 6.04 Å². The number of nitrogens with one attached hydrogen (secondary N) is 1. The topological polar surface area (TPSA) is 50.7 Å². The minimum Gasteiger partial charge on any atom is -0.609 e. The Morgan fingerprint density at radius 3 is 2.83 bits per heavy atom. The van der Waals surface area contributed by atoms with Crippen molar-refractivity contribution in [2.45, 2.75) is 24.8 Å². The standard InChI is InChI=1S/C12H14FN3OS/c1-18(17)12-14-11-9(13)7-10(16(11)15-12)8-5-3-2-4-6-8/h2-6,9-11H,7H2,1H3,(H,14,15)/t9-,10-,11?,18?/m0/s1. The summed E-state index contributed by atoms with van der Waals surface area (Å²) < 4.78 is 25.4. The van der Waals surface area contributed by atoms with Gasteiger partial charge in [0.1, 0.15) is 12.4 Å². The number of hydrogen-bond donors (Lipinski definition) is 1. The molecule has 96 valence electrons. The molecule has 4 nitrogen and oxygen atoms in total. The lowest BCUT2D eigenvalue weighted by molar-refractivity contribution is 0.180. The summed E-state index contributed by atoms with van der Waals surface area (Å²) in [5.41, 5.74) is 1.04. The summed E-state index contributed by atoms with van der Waals surface area (Å²) in [6.07, 6.45) is 0.474. The van der Waals surface area contributed by atoms with Crippen LogP contribution in [-0.2, 0) is 11.2 Å². The number of rotatable bonds is 1. The molecule has 6 heteroatoms. The molecule has 0 bridgehead atoms. The van der Waals surface area contributed by atoms with E-state index in [0.717, 1.165) is 5.56 Å². The van der Waals surface area contributed by atoms with Gasteiger partial charge in [0.05, 0.1) is 6.04 Å². The van der Waals surface area contributed by atoms with Gasteiger partial charge in [-0.15, -0.1) is 5.10 Å². The van der Waals surface area contributed by atoms with Gasteiger partial charge in [0.15, 0.2) is 6.17 Å². The largest absolute Gasteiger partial charge is 0.609 e. The second-order valence-electron chi connectivity index (χ2n) is 4.51. The van der Waals surface area contributed by atoms with Gasteiger partial charge < -0.3 is 9.87 Å². The van der Waals surface area contributed by atoms with Gasteiger partial charge >= 0.3 is 5.17 Å². The zero-order valence-electron chi connectivity index (χ0n) is 9.91. The highest BCUT2D eigenvalue weighted by Gasteiger charge is 2.47. The van der Waals surface area contributed by atoms with Crippen molar-refractivity contribution >= 4 is 16.3 Å². The van der Waals surface area contributed by atoms with E-state index in [2.05, 4.69) is 10.4 Å². The summed E-state index contributed by atoms with van der Waals surface area (Å²) in [7, 11) is 0. The summed E-state index contributed by atoms with van der Waals surface area (Å²) in [6.45, 7) is 0. The van der Waals surface area contributed by atoms with Gasteiger partial charge in [0, 0.05) is 17.6 Å². The molecule has 1 saturated heterocycles. The molecule has 0 radical (unpaired) electrons. The van der Waals surface area contributed by atoms with Crippen molar-refractivity contribution in [1.82, 2.24) is 10.3 Å². The Morgan fingerprint density at radius 2 is 2.17 bits per heavy atom. The number of alkyl halides is 1. The van der Waals surface area contributed by atoms with Gasteiger partial charge in [0.25, 0.3) is 0 Å². The fourth-order valence-corrected chi connectivity index (χ4v) is 2.96. The molecule has 3 rings (SSSR count). The number of nitrogens with zero attached hydrogens (tertiary/aromatic N) is 2. The van der Waals surface area contributed by atoms with E-state index < -0.39 is 23.5 Å². The van der Waals surface area contributed by atoms with E-state index >= 15 is 0 Å². The third kappa shape index (κ3) is 1.85. The first-order chi connectivity index (χ1) is 8.66. The van der Waals surface area contributed by atoms with Gasteiger partial charge in [-0.3, -0.25) is 5.01 Å². The second kappa shape index (κ2) is 4.44. The molecule has 2 unspecified atom stereocenters. The van der Waals surface area contributed by atoms with E-state index in [9.17, 15) is 8.94 Å². The number of halogens is 1. The molecule has 18 heavy (non-hydrogen) atoms. The molecule has 0 amide bonds. The molecule has 0 aromatic heterocycles. The van der Waals surface area contributed by atoms with Crippen molar-refractivity contribution in [2.75, 3.05) is 6.26 Å². The van der Waals surface area contributed by atoms with Crippen molar-refractivity contribution in [2.24, 2.45) is 5.10 Å². The van der Waals surface area contributed by atoms with Crippen LogP contribution in [0.2, 0.25) is 0 Å². The number of hydrogen-bond acceptors (Lipinski definition) is 4. The normalized spacial score (nSPS) is 31.8. The van der Waals surface area contributed by atoms with Crippen LogP contribution in [-0.4, -0.2) is 33.3 Å². The van der Waals surface area contributed by atoms with Gasteiger partial charge in [-0.2, -0.15) is 0 Å². The lowest BCUT2D eigenvalue weighted by Gasteiger charge is -2.20. The maximum absolute atomic E-state index is 14.0. The molecule has 0 saturated carbocycles. The summed E-state index contributed by atoms with van der Waals surface area (Å²) in [5.74, 6) is 0. The molecule has 0 spiro atoms. The first-order valence-electron chi connectivity index (χ1n) is 5.83. The third-order valence-corrected chi connectivity index (χ3v) is 4.07. The molecule has 2 aliphatic rings. The molecular weight excluding hydrogens is 253 g/mol. The smallest absolute Gasteiger partial charge is 0.334 e. The number of hydrazone groups is 1. The lowest BCUT2D eigenvalue weighted by atomic mass is 10.1. The zero-order valence-corrected chi connectivity index (χ0v) is 10.7. The predicted molar refractivity (Wildman–Crippen MR) is 69.0 cm³/mol. The van der Waals surface area contributed by atoms with Crippen LogP contribution < -0.4 is 5.32 Å². The van der Waals surface area contributed by atoms with Crippen LogP contribution in [0.1, 0.15) is 18.0 Å². The van der Waals surface area contributed by atoms with E-state index in [1.807, 2.05) is 30.3 Å². The number of benzene rings is 1. The van der Waals surface area contributed by atoms with Gasteiger partial charge in [0.2, 0.25) is 0 Å². The second-order valence-corrected chi connectivity index (χ2v) is 5.80. The van der Waals surface area contributed by atoms with Crippen LogP contribution in [0.5, 0.6) is 0 Å². The van der Waals surface area contributed by atoms with E-state index in [4.69, 9.17) is 0 Å². The highest BCUT2D eigenvalue weighted by Crippen LogP contribution is 2.39. The van der Waals surface area contributed by atoms with Crippen LogP contribution in [0, 0.1) is 0 Å². The molecule has 0 aliphatic carbocycles. The SMILES string of the molecule is C[S+]([O-])C1=NN2C(N1)[C@@H](F)C[C@H]2c1ccccc1. The average Bonchev–Trinajstić information content (AvgIpc) is 2.92. The van der Waals surface area contributed by atoms with E-state index in [1.165, 1.54) is 0 Å². The Labute approximate surface area is 108 Å². The monoisotopic (exact) mass is 267 g/mol. The van der Waals surface area contributed by atoms with Crippen molar-refractivity contribution in [3.8, 4) is 0 Å². The lowest BCUT2D eigenvalue weighted by Crippen LogP contribution is -2.41. The summed E-state index contributed by atoms with van der Waals surface area (Å²) in [4.78, 5) is 0. The van der Waals surface area contributed by atoms with E-state index in [1.54, 1.807) is 11.3 Å². The van der Waals surface area contributed by atoms with Gasteiger partial charge in [-0.1, -0.05) is 30.3 Å². The number of amidine groups is 1. The first kappa shape index (κ1) is 11.8. The Hall–Kier alpha value is -1.27. The van der Waals surface area contributed by atoms with Crippen molar-refractivity contribution < 1.29 is 8.94 Å². The summed E-state index contributed by atoms with van der Waals surface area (Å²) in [6, 6.07) is 9.65. The van der Waals surface area contributed by atoms with Gasteiger partial charge in [-0.05, 0) is 5.56 Å². The van der Waals surface area contributed by atoms with E-state index in [0.29, 0.717) is 11.6 Å². The molecule has 4 atom stereocenters. The molecule has 1 N–H and O–H groups in total. The van der Waals surface area contributed by atoms with Crippen molar-refractivity contribution in [3.63, 3.8) is 0 Å². The average molecular weight is 267 g/mol. The highest BCUT2D eigenvalue weighted by atomic mass is 32.2. The molecule has 1 fully saturated rings. The van der Waals surface area contributed by atoms with Crippen LogP contribution in [0.15, 0.2) is 35.4 Å². The highest BCUT2D eigenvalue weighted by molar-refractivity contribution is 8.05. The van der Waals surface area contributed by atoms with Crippen LogP contribution in [0.25, 0.3) is 0 Å². The van der Waals surface area contributed by atoms with Crippen LogP contribution >= 0.6 is 0 Å². The minimum atomic E-state index is -1.21. The quantitative estimate of drug-likeness (QED) is 0.781. The van der Waals surface area contributed by atoms with Crippen molar-refractivity contribution in [1.29, 1.82) is 0 Å². The first-order valence-corrected chi connectivity index (χ1v) is 7.38. The molecule has 1 aromatic rings. The fourth-order valence-electron chi connectivity index (χ4n) is 2.46. The molecule has 1 aromatic carbocycles. The van der Waals surface area contributed by atoms with Gasteiger partial charge in [-0.25, -0.2) is 4.39 Å². The van der Waals surface area contributed by atoms with Crippen molar-refractivity contribution in [3.05, 3.63) is 35.9 Å². The maximum atomic E-state index is 14.0. The maximum Gasteiger partial charge on any atom is 0.334 e. The third-order valence-electron chi connectivity index (χ3n) is 3.33. The number of fused-ring (bicyclic) bond motifs is 1.